The molecule has 1 aromatic heterocycles. The highest BCUT2D eigenvalue weighted by Gasteiger charge is 2.22. The summed E-state index contributed by atoms with van der Waals surface area (Å²) in [5, 5.41) is 11.4. The van der Waals surface area contributed by atoms with Crippen molar-refractivity contribution < 1.29 is 0 Å². The smallest absolute Gasteiger partial charge is 0.191 e. The van der Waals surface area contributed by atoms with Crippen molar-refractivity contribution in [3.8, 4) is 0 Å². The SMILES string of the molecule is CCNC(=NCCN(C)C1CCCC1)NC1CCCN(c2cnn(C)c2)C1.I. The van der Waals surface area contributed by atoms with Crippen LogP contribution in [0.3, 0.4) is 0 Å². The Labute approximate surface area is 187 Å². The summed E-state index contributed by atoms with van der Waals surface area (Å²) in [4.78, 5) is 9.75. The summed E-state index contributed by atoms with van der Waals surface area (Å²) < 4.78 is 1.87. The Morgan fingerprint density at radius 1 is 1.29 bits per heavy atom. The Morgan fingerprint density at radius 3 is 2.75 bits per heavy atom. The lowest BCUT2D eigenvalue weighted by Crippen LogP contribution is -2.51. The molecule has 0 aromatic carbocycles. The van der Waals surface area contributed by atoms with Gasteiger partial charge in [-0.05, 0) is 39.7 Å². The van der Waals surface area contributed by atoms with Crippen LogP contribution in [0.1, 0.15) is 45.4 Å². The first-order valence-corrected chi connectivity index (χ1v) is 10.6. The van der Waals surface area contributed by atoms with Gasteiger partial charge >= 0.3 is 0 Å². The first-order chi connectivity index (χ1) is 13.2. The van der Waals surface area contributed by atoms with Crippen molar-refractivity contribution in [2.75, 3.05) is 44.7 Å². The molecule has 1 saturated carbocycles. The molecule has 2 heterocycles. The van der Waals surface area contributed by atoms with E-state index >= 15 is 0 Å². The number of guanidine groups is 1. The van der Waals surface area contributed by atoms with Gasteiger partial charge in [-0.1, -0.05) is 12.8 Å². The fourth-order valence-electron chi connectivity index (χ4n) is 4.26. The third-order valence-corrected chi connectivity index (χ3v) is 5.83. The average Bonchev–Trinajstić information content (AvgIpc) is 3.34. The van der Waals surface area contributed by atoms with Gasteiger partial charge in [0.2, 0.25) is 0 Å². The van der Waals surface area contributed by atoms with Crippen LogP contribution in [0.2, 0.25) is 0 Å². The number of halogens is 1. The Hall–Kier alpha value is -1.03. The van der Waals surface area contributed by atoms with Gasteiger partial charge in [0.1, 0.15) is 0 Å². The molecule has 3 rings (SSSR count). The predicted octanol–water partition coefficient (Wildman–Crippen LogP) is 2.44. The first kappa shape index (κ1) is 23.3. The van der Waals surface area contributed by atoms with E-state index in [4.69, 9.17) is 4.99 Å². The number of hydrogen-bond acceptors (Lipinski definition) is 4. The minimum Gasteiger partial charge on any atom is -0.367 e. The molecule has 28 heavy (non-hydrogen) atoms. The molecule has 1 unspecified atom stereocenters. The summed E-state index contributed by atoms with van der Waals surface area (Å²) in [7, 11) is 4.22. The molecule has 1 aliphatic heterocycles. The molecule has 7 nitrogen and oxygen atoms in total. The summed E-state index contributed by atoms with van der Waals surface area (Å²) in [5.74, 6) is 0.954. The van der Waals surface area contributed by atoms with E-state index in [9.17, 15) is 0 Å². The second-order valence-electron chi connectivity index (χ2n) is 7.98. The van der Waals surface area contributed by atoms with E-state index in [1.54, 1.807) is 0 Å². The van der Waals surface area contributed by atoms with Crippen molar-refractivity contribution in [2.45, 2.75) is 57.5 Å². The lowest BCUT2D eigenvalue weighted by Gasteiger charge is -2.34. The van der Waals surface area contributed by atoms with Gasteiger partial charge in [-0.15, -0.1) is 24.0 Å². The number of anilines is 1. The third kappa shape index (κ3) is 6.79. The number of nitrogens with zero attached hydrogens (tertiary/aromatic N) is 5. The van der Waals surface area contributed by atoms with Gasteiger partial charge in [0.25, 0.3) is 0 Å². The standard InChI is InChI=1S/C20H37N7.HI/c1-4-21-20(22-11-13-25(2)18-9-5-6-10-18)24-17-8-7-12-27(15-17)19-14-23-26(3)16-19;/h14,16-18H,4-13,15H2,1-3H3,(H2,21,22,24);1H. The highest BCUT2D eigenvalue weighted by molar-refractivity contribution is 14.0. The highest BCUT2D eigenvalue weighted by atomic mass is 127. The molecule has 2 N–H and O–H groups in total. The van der Waals surface area contributed by atoms with Crippen LogP contribution in [0.4, 0.5) is 5.69 Å². The van der Waals surface area contributed by atoms with E-state index in [-0.39, 0.29) is 24.0 Å². The zero-order chi connectivity index (χ0) is 19.1. The minimum absolute atomic E-state index is 0. The Morgan fingerprint density at radius 2 is 2.07 bits per heavy atom. The van der Waals surface area contributed by atoms with E-state index in [0.29, 0.717) is 6.04 Å². The predicted molar refractivity (Wildman–Crippen MR) is 128 cm³/mol. The number of nitrogens with one attached hydrogen (secondary N) is 2. The van der Waals surface area contributed by atoms with Crippen LogP contribution in [0.25, 0.3) is 0 Å². The second-order valence-corrected chi connectivity index (χ2v) is 7.98. The molecular formula is C20H38IN7. The lowest BCUT2D eigenvalue weighted by molar-refractivity contribution is 0.252. The van der Waals surface area contributed by atoms with Crippen molar-refractivity contribution in [3.63, 3.8) is 0 Å². The monoisotopic (exact) mass is 503 g/mol. The van der Waals surface area contributed by atoms with Gasteiger partial charge in [-0.3, -0.25) is 9.67 Å². The molecule has 2 aliphatic rings. The van der Waals surface area contributed by atoms with Crippen LogP contribution in [-0.4, -0.2) is 72.5 Å². The fraction of sp³-hybridized carbons (Fsp3) is 0.800. The summed E-state index contributed by atoms with van der Waals surface area (Å²) in [5.41, 5.74) is 1.21. The molecule has 0 amide bonds. The van der Waals surface area contributed by atoms with Crippen molar-refractivity contribution in [2.24, 2.45) is 12.0 Å². The molecule has 0 radical (unpaired) electrons. The minimum atomic E-state index is 0. The van der Waals surface area contributed by atoms with Gasteiger partial charge in [0.05, 0.1) is 18.4 Å². The topological polar surface area (TPSA) is 60.7 Å². The number of likely N-dealkylation sites (N-methyl/N-ethyl adjacent to an activating group) is 1. The van der Waals surface area contributed by atoms with E-state index in [0.717, 1.165) is 44.7 Å². The molecule has 8 heteroatoms. The molecule has 0 bridgehead atoms. The lowest BCUT2D eigenvalue weighted by atomic mass is 10.1. The van der Waals surface area contributed by atoms with Gasteiger partial charge in [-0.2, -0.15) is 5.10 Å². The van der Waals surface area contributed by atoms with Crippen molar-refractivity contribution in [1.29, 1.82) is 0 Å². The molecule has 0 spiro atoms. The van der Waals surface area contributed by atoms with Crippen LogP contribution < -0.4 is 15.5 Å². The maximum absolute atomic E-state index is 4.84. The zero-order valence-electron chi connectivity index (χ0n) is 17.7. The van der Waals surface area contributed by atoms with Gasteiger partial charge in [0, 0.05) is 51.5 Å². The molecule has 1 aliphatic carbocycles. The molecule has 2 fully saturated rings. The van der Waals surface area contributed by atoms with E-state index in [1.165, 1.54) is 44.2 Å². The third-order valence-electron chi connectivity index (χ3n) is 5.83. The maximum atomic E-state index is 4.84. The summed E-state index contributed by atoms with van der Waals surface area (Å²) in [6, 6.07) is 1.19. The number of aliphatic imine (C=N–C) groups is 1. The van der Waals surface area contributed by atoms with Crippen LogP contribution in [0.5, 0.6) is 0 Å². The van der Waals surface area contributed by atoms with Gasteiger partial charge < -0.3 is 20.4 Å². The summed E-state index contributed by atoms with van der Waals surface area (Å²) >= 11 is 0. The quantitative estimate of drug-likeness (QED) is 0.340. The number of aryl methyl sites for hydroxylation is 1. The number of piperidine rings is 1. The molecule has 1 atom stereocenters. The molecular weight excluding hydrogens is 465 g/mol. The second kappa shape index (κ2) is 11.8. The Bertz CT molecular complexity index is 597. The van der Waals surface area contributed by atoms with Crippen molar-refractivity contribution in [1.82, 2.24) is 25.3 Å². The molecule has 1 aromatic rings. The summed E-state index contributed by atoms with van der Waals surface area (Å²) in [6.07, 6.45) is 11.9. The van der Waals surface area contributed by atoms with Crippen LogP contribution in [0.15, 0.2) is 17.4 Å². The maximum Gasteiger partial charge on any atom is 0.191 e. The number of rotatable bonds is 7. The van der Waals surface area contributed by atoms with Crippen LogP contribution in [0, 0.1) is 0 Å². The number of hydrogen-bond donors (Lipinski definition) is 2. The summed E-state index contributed by atoms with van der Waals surface area (Å²) in [6.45, 7) is 7.00. The van der Waals surface area contributed by atoms with E-state index < -0.39 is 0 Å². The normalized spacial score (nSPS) is 21.1. The zero-order valence-corrected chi connectivity index (χ0v) is 20.1. The van der Waals surface area contributed by atoms with Crippen molar-refractivity contribution in [3.05, 3.63) is 12.4 Å². The first-order valence-electron chi connectivity index (χ1n) is 10.6. The van der Waals surface area contributed by atoms with Gasteiger partial charge in [-0.25, -0.2) is 0 Å². The van der Waals surface area contributed by atoms with Crippen molar-refractivity contribution >= 4 is 35.6 Å². The Kier molecular flexibility index (Phi) is 9.84. The average molecular weight is 503 g/mol. The van der Waals surface area contributed by atoms with Crippen LogP contribution >= 0.6 is 24.0 Å². The van der Waals surface area contributed by atoms with Gasteiger partial charge in [0.15, 0.2) is 5.96 Å². The van der Waals surface area contributed by atoms with E-state index in [2.05, 4.69) is 45.7 Å². The molecule has 1 saturated heterocycles. The van der Waals surface area contributed by atoms with Crippen LogP contribution in [-0.2, 0) is 7.05 Å². The molecule has 160 valence electrons. The number of aromatic nitrogens is 2. The highest BCUT2D eigenvalue weighted by Crippen LogP contribution is 2.22. The fourth-order valence-corrected chi connectivity index (χ4v) is 4.26. The van der Waals surface area contributed by atoms with E-state index in [1.807, 2.05) is 17.9 Å². The Balaban J connectivity index is 0.00000280. The largest absolute Gasteiger partial charge is 0.367 e.